The topological polar surface area (TPSA) is 98.1 Å². The van der Waals surface area contributed by atoms with Crippen molar-refractivity contribution in [3.8, 4) is 5.75 Å². The second-order valence-electron chi connectivity index (χ2n) is 6.48. The highest BCUT2D eigenvalue weighted by atomic mass is 16.5. The maximum absolute atomic E-state index is 12.5. The van der Waals surface area contributed by atoms with E-state index < -0.39 is 11.5 Å². The van der Waals surface area contributed by atoms with Gasteiger partial charge in [0.25, 0.3) is 5.91 Å². The molecule has 0 saturated carbocycles. The van der Waals surface area contributed by atoms with E-state index in [1.807, 2.05) is 13.8 Å². The number of ether oxygens (including phenoxy) is 2. The van der Waals surface area contributed by atoms with Crippen LogP contribution in [0.2, 0.25) is 0 Å². The van der Waals surface area contributed by atoms with Gasteiger partial charge in [-0.15, -0.1) is 0 Å². The molecule has 0 aliphatic carbocycles. The molecule has 1 aliphatic rings. The predicted octanol–water partition coefficient (Wildman–Crippen LogP) is 1.17. The Morgan fingerprint density at radius 3 is 2.67 bits per heavy atom. The normalized spacial score (nSPS) is 14.4. The number of carbonyl (C=O) groups excluding carboxylic acids is 2. The van der Waals surface area contributed by atoms with Crippen molar-refractivity contribution in [1.29, 1.82) is 0 Å². The second kappa shape index (κ2) is 8.22. The zero-order valence-electron chi connectivity index (χ0n) is 15.3. The van der Waals surface area contributed by atoms with Crippen LogP contribution in [-0.4, -0.2) is 55.7 Å². The average molecular weight is 374 g/mol. The Labute approximate surface area is 156 Å². The molecule has 144 valence electrons. The lowest BCUT2D eigenvalue weighted by Crippen LogP contribution is -2.45. The van der Waals surface area contributed by atoms with Crippen molar-refractivity contribution in [3.05, 3.63) is 40.2 Å². The van der Waals surface area contributed by atoms with Gasteiger partial charge in [0.2, 0.25) is 5.91 Å². The maximum Gasteiger partial charge on any atom is 0.337 e. The van der Waals surface area contributed by atoms with Crippen LogP contribution in [0.25, 0.3) is 11.0 Å². The Bertz CT molecular complexity index is 899. The van der Waals surface area contributed by atoms with Crippen molar-refractivity contribution in [2.24, 2.45) is 0 Å². The molecule has 8 heteroatoms. The molecule has 2 amide bonds. The van der Waals surface area contributed by atoms with Gasteiger partial charge in [0, 0.05) is 30.6 Å². The molecule has 8 nitrogen and oxygen atoms in total. The first-order valence-corrected chi connectivity index (χ1v) is 8.82. The predicted molar refractivity (Wildman–Crippen MR) is 98.0 cm³/mol. The van der Waals surface area contributed by atoms with Crippen LogP contribution in [0, 0.1) is 0 Å². The van der Waals surface area contributed by atoms with Gasteiger partial charge in [0.1, 0.15) is 11.3 Å². The molecular weight excluding hydrogens is 352 g/mol. The zero-order chi connectivity index (χ0) is 19.4. The van der Waals surface area contributed by atoms with Gasteiger partial charge < -0.3 is 24.1 Å². The molecule has 0 radical (unpaired) electrons. The first-order valence-electron chi connectivity index (χ1n) is 8.82. The summed E-state index contributed by atoms with van der Waals surface area (Å²) >= 11 is 0. The molecule has 1 aliphatic heterocycles. The lowest BCUT2D eigenvalue weighted by atomic mass is 10.1. The van der Waals surface area contributed by atoms with Crippen LogP contribution >= 0.6 is 0 Å². The van der Waals surface area contributed by atoms with Gasteiger partial charge in [-0.05, 0) is 26.0 Å². The van der Waals surface area contributed by atoms with Crippen LogP contribution in [0.3, 0.4) is 0 Å². The highest BCUT2D eigenvalue weighted by Gasteiger charge is 2.19. The van der Waals surface area contributed by atoms with Crippen molar-refractivity contribution in [2.75, 3.05) is 32.8 Å². The number of carbonyl (C=O) groups is 2. The third-order valence-electron chi connectivity index (χ3n) is 4.10. The highest BCUT2D eigenvalue weighted by molar-refractivity contribution is 6.06. The Morgan fingerprint density at radius 1 is 1.22 bits per heavy atom. The number of hydrogen-bond donors (Lipinski definition) is 1. The van der Waals surface area contributed by atoms with Crippen LogP contribution in [0.15, 0.2) is 33.5 Å². The first-order chi connectivity index (χ1) is 12.9. The fourth-order valence-corrected chi connectivity index (χ4v) is 2.85. The molecule has 0 unspecified atom stereocenters. The number of benzene rings is 1. The molecule has 1 aromatic heterocycles. The quantitative estimate of drug-likeness (QED) is 0.789. The summed E-state index contributed by atoms with van der Waals surface area (Å²) in [7, 11) is 0. The molecule has 1 N–H and O–H groups in total. The van der Waals surface area contributed by atoms with Gasteiger partial charge in [-0.2, -0.15) is 0 Å². The fraction of sp³-hybridized carbons (Fsp3) is 0.421. The van der Waals surface area contributed by atoms with Crippen LogP contribution < -0.4 is 15.7 Å². The van der Waals surface area contributed by atoms with Crippen LogP contribution in [-0.2, 0) is 9.53 Å². The Morgan fingerprint density at radius 2 is 1.96 bits per heavy atom. The van der Waals surface area contributed by atoms with E-state index in [4.69, 9.17) is 13.9 Å². The smallest absolute Gasteiger partial charge is 0.337 e. The molecule has 1 saturated heterocycles. The number of fused-ring (bicyclic) bond motifs is 1. The second-order valence-corrected chi connectivity index (χ2v) is 6.48. The molecule has 2 heterocycles. The third-order valence-corrected chi connectivity index (χ3v) is 4.10. The highest BCUT2D eigenvalue weighted by Crippen LogP contribution is 2.23. The molecule has 0 spiro atoms. The summed E-state index contributed by atoms with van der Waals surface area (Å²) in [6, 6.07) is 6.07. The third kappa shape index (κ3) is 4.65. The Kier molecular flexibility index (Phi) is 5.75. The standard InChI is InChI=1S/C19H22N2O6/c1-12(2)26-13-3-4-14-15(10-18(23)27-16(14)9-13)19(24)20-11-17(22)21-5-7-25-8-6-21/h3-4,9-10,12H,5-8,11H2,1-2H3,(H,20,24). The molecule has 2 aromatic rings. The van der Waals surface area contributed by atoms with E-state index in [1.54, 1.807) is 23.1 Å². The Balaban J connectivity index is 1.77. The summed E-state index contributed by atoms with van der Waals surface area (Å²) in [4.78, 5) is 38.2. The van der Waals surface area contributed by atoms with Crippen molar-refractivity contribution < 1.29 is 23.5 Å². The molecule has 27 heavy (non-hydrogen) atoms. The minimum atomic E-state index is -0.645. The largest absolute Gasteiger partial charge is 0.491 e. The number of rotatable bonds is 5. The number of hydrogen-bond acceptors (Lipinski definition) is 6. The van der Waals surface area contributed by atoms with E-state index in [0.29, 0.717) is 37.4 Å². The van der Waals surface area contributed by atoms with E-state index in [0.717, 1.165) is 6.07 Å². The molecule has 1 aromatic carbocycles. The zero-order valence-corrected chi connectivity index (χ0v) is 15.3. The SMILES string of the molecule is CC(C)Oc1ccc2c(C(=O)NCC(=O)N3CCOCC3)cc(=O)oc2c1. The minimum absolute atomic E-state index is 0.0353. The summed E-state index contributed by atoms with van der Waals surface area (Å²) in [5.74, 6) is -0.153. The van der Waals surface area contributed by atoms with E-state index in [9.17, 15) is 14.4 Å². The average Bonchev–Trinajstić information content (AvgIpc) is 2.65. The van der Waals surface area contributed by atoms with Crippen LogP contribution in [0.4, 0.5) is 0 Å². The number of amides is 2. The monoisotopic (exact) mass is 374 g/mol. The molecule has 3 rings (SSSR count). The number of nitrogens with zero attached hydrogens (tertiary/aromatic N) is 1. The summed E-state index contributed by atoms with van der Waals surface area (Å²) in [6.45, 7) is 5.62. The number of nitrogens with one attached hydrogen (secondary N) is 1. The van der Waals surface area contributed by atoms with Crippen molar-refractivity contribution in [3.63, 3.8) is 0 Å². The van der Waals surface area contributed by atoms with Gasteiger partial charge in [0.05, 0.1) is 31.4 Å². The van der Waals surface area contributed by atoms with Gasteiger partial charge >= 0.3 is 5.63 Å². The van der Waals surface area contributed by atoms with Crippen molar-refractivity contribution in [2.45, 2.75) is 20.0 Å². The van der Waals surface area contributed by atoms with Gasteiger partial charge in [0.15, 0.2) is 0 Å². The lowest BCUT2D eigenvalue weighted by molar-refractivity contribution is -0.134. The van der Waals surface area contributed by atoms with Crippen molar-refractivity contribution >= 4 is 22.8 Å². The van der Waals surface area contributed by atoms with Crippen molar-refractivity contribution in [1.82, 2.24) is 10.2 Å². The molecule has 0 atom stereocenters. The number of morpholine rings is 1. The van der Waals surface area contributed by atoms with Gasteiger partial charge in [-0.25, -0.2) is 4.79 Å². The summed E-state index contributed by atoms with van der Waals surface area (Å²) in [5, 5.41) is 3.05. The summed E-state index contributed by atoms with van der Waals surface area (Å²) in [6.07, 6.45) is -0.0353. The van der Waals surface area contributed by atoms with Crippen LogP contribution in [0.1, 0.15) is 24.2 Å². The van der Waals surface area contributed by atoms with Gasteiger partial charge in [-0.3, -0.25) is 9.59 Å². The van der Waals surface area contributed by atoms with E-state index in [2.05, 4.69) is 5.32 Å². The fourth-order valence-electron chi connectivity index (χ4n) is 2.85. The van der Waals surface area contributed by atoms with Crippen LogP contribution in [0.5, 0.6) is 5.75 Å². The lowest BCUT2D eigenvalue weighted by Gasteiger charge is -2.26. The summed E-state index contributed by atoms with van der Waals surface area (Å²) in [5.41, 5.74) is -0.230. The minimum Gasteiger partial charge on any atom is -0.491 e. The van der Waals surface area contributed by atoms with E-state index in [1.165, 1.54) is 0 Å². The molecule has 0 bridgehead atoms. The maximum atomic E-state index is 12.5. The van der Waals surface area contributed by atoms with E-state index in [-0.39, 0.29) is 29.7 Å². The summed E-state index contributed by atoms with van der Waals surface area (Å²) < 4.78 is 16.0. The Hall–Kier alpha value is -2.87. The molecular formula is C19H22N2O6. The first kappa shape index (κ1) is 18.9. The van der Waals surface area contributed by atoms with Gasteiger partial charge in [-0.1, -0.05) is 0 Å². The van der Waals surface area contributed by atoms with E-state index >= 15 is 0 Å². The molecule has 1 fully saturated rings.